The first-order valence-electron chi connectivity index (χ1n) is 7.76. The average Bonchev–Trinajstić information content (AvgIpc) is 2.89. The highest BCUT2D eigenvalue weighted by Crippen LogP contribution is 2.35. The van der Waals surface area contributed by atoms with Crippen LogP contribution in [0.1, 0.15) is 16.3 Å². The molecule has 0 aliphatic carbocycles. The molecular weight excluding hydrogens is 338 g/mol. The highest BCUT2D eigenvalue weighted by molar-refractivity contribution is 7.18. The molecule has 25 heavy (non-hydrogen) atoms. The Balaban J connectivity index is 2.08. The van der Waals surface area contributed by atoms with Crippen molar-refractivity contribution in [2.45, 2.75) is 20.3 Å². The van der Waals surface area contributed by atoms with Crippen LogP contribution < -0.4 is 10.1 Å². The third-order valence-electron chi connectivity index (χ3n) is 3.94. The summed E-state index contributed by atoms with van der Waals surface area (Å²) in [6.07, 6.45) is 0.0369. The second-order valence-electron chi connectivity index (χ2n) is 5.56. The van der Waals surface area contributed by atoms with Crippen molar-refractivity contribution in [3.8, 4) is 5.75 Å². The van der Waals surface area contributed by atoms with E-state index in [1.165, 1.54) is 12.0 Å². The molecule has 3 aromatic rings. The lowest BCUT2D eigenvalue weighted by Gasteiger charge is -2.10. The molecule has 0 bridgehead atoms. The SMILES string of the molecule is COC(=O)Cc1nc(Nc2cccc(OC)c2)c2c(C)c(C)sc2n1. The molecule has 0 aliphatic heterocycles. The number of rotatable bonds is 5. The van der Waals surface area contributed by atoms with E-state index in [2.05, 4.69) is 22.2 Å². The Bertz CT molecular complexity index is 937. The number of benzene rings is 1. The lowest BCUT2D eigenvalue weighted by molar-refractivity contribution is -0.139. The number of thiophene rings is 1. The van der Waals surface area contributed by atoms with E-state index in [0.717, 1.165) is 27.2 Å². The van der Waals surface area contributed by atoms with Crippen LogP contribution in [0.3, 0.4) is 0 Å². The molecule has 0 spiro atoms. The Kier molecular flexibility index (Phi) is 4.85. The maximum absolute atomic E-state index is 11.6. The number of methoxy groups -OCH3 is 2. The summed E-state index contributed by atoms with van der Waals surface area (Å²) in [6, 6.07) is 7.61. The Morgan fingerprint density at radius 1 is 1.24 bits per heavy atom. The summed E-state index contributed by atoms with van der Waals surface area (Å²) < 4.78 is 10.00. The first kappa shape index (κ1) is 17.2. The van der Waals surface area contributed by atoms with Crippen LogP contribution in [0.25, 0.3) is 10.2 Å². The van der Waals surface area contributed by atoms with Gasteiger partial charge in [0, 0.05) is 16.6 Å². The lowest BCUT2D eigenvalue weighted by atomic mass is 10.2. The van der Waals surface area contributed by atoms with Crippen LogP contribution in [-0.4, -0.2) is 30.2 Å². The number of ether oxygens (including phenoxy) is 2. The number of fused-ring (bicyclic) bond motifs is 1. The quantitative estimate of drug-likeness (QED) is 0.701. The predicted molar refractivity (Wildman–Crippen MR) is 98.9 cm³/mol. The summed E-state index contributed by atoms with van der Waals surface area (Å²) in [7, 11) is 2.98. The van der Waals surface area contributed by atoms with Crippen molar-refractivity contribution in [2.24, 2.45) is 0 Å². The van der Waals surface area contributed by atoms with Crippen molar-refractivity contribution in [3.05, 3.63) is 40.5 Å². The van der Waals surface area contributed by atoms with Gasteiger partial charge in [-0.25, -0.2) is 9.97 Å². The molecule has 0 aliphatic rings. The second kappa shape index (κ2) is 7.06. The van der Waals surface area contributed by atoms with Crippen molar-refractivity contribution >= 4 is 39.0 Å². The van der Waals surface area contributed by atoms with E-state index >= 15 is 0 Å². The molecule has 1 aromatic carbocycles. The van der Waals surface area contributed by atoms with Gasteiger partial charge in [0.1, 0.15) is 28.6 Å². The normalized spacial score (nSPS) is 10.7. The van der Waals surface area contributed by atoms with Crippen molar-refractivity contribution < 1.29 is 14.3 Å². The Hall–Kier alpha value is -2.67. The van der Waals surface area contributed by atoms with Crippen molar-refractivity contribution in [2.75, 3.05) is 19.5 Å². The van der Waals surface area contributed by atoms with Gasteiger partial charge >= 0.3 is 5.97 Å². The van der Waals surface area contributed by atoms with Crippen LogP contribution in [0.15, 0.2) is 24.3 Å². The number of nitrogens with zero attached hydrogens (tertiary/aromatic N) is 2. The minimum absolute atomic E-state index is 0.0369. The molecule has 0 amide bonds. The maximum Gasteiger partial charge on any atom is 0.313 e. The summed E-state index contributed by atoms with van der Waals surface area (Å²) in [5.74, 6) is 1.50. The van der Waals surface area contributed by atoms with Gasteiger partial charge < -0.3 is 14.8 Å². The number of hydrogen-bond acceptors (Lipinski definition) is 7. The zero-order valence-corrected chi connectivity index (χ0v) is 15.4. The zero-order chi connectivity index (χ0) is 18.0. The topological polar surface area (TPSA) is 73.3 Å². The summed E-state index contributed by atoms with van der Waals surface area (Å²) >= 11 is 1.59. The molecule has 0 saturated carbocycles. The van der Waals surface area contributed by atoms with Crippen LogP contribution in [0, 0.1) is 13.8 Å². The van der Waals surface area contributed by atoms with Gasteiger partial charge in [-0.1, -0.05) is 6.07 Å². The highest BCUT2D eigenvalue weighted by Gasteiger charge is 2.16. The predicted octanol–water partition coefficient (Wildman–Crippen LogP) is 3.78. The van der Waals surface area contributed by atoms with Gasteiger partial charge in [-0.3, -0.25) is 4.79 Å². The number of aryl methyl sites for hydroxylation is 2. The third kappa shape index (κ3) is 3.56. The molecule has 0 unspecified atom stereocenters. The lowest BCUT2D eigenvalue weighted by Crippen LogP contribution is -2.09. The fraction of sp³-hybridized carbons (Fsp3) is 0.278. The fourth-order valence-electron chi connectivity index (χ4n) is 2.50. The minimum atomic E-state index is -0.364. The molecule has 1 N–H and O–H groups in total. The molecule has 2 heterocycles. The van der Waals surface area contributed by atoms with Gasteiger partial charge in [0.15, 0.2) is 0 Å². The molecule has 0 fully saturated rings. The first-order chi connectivity index (χ1) is 12.0. The van der Waals surface area contributed by atoms with Crippen LogP contribution in [-0.2, 0) is 16.0 Å². The fourth-order valence-corrected chi connectivity index (χ4v) is 3.55. The molecule has 0 saturated heterocycles. The Morgan fingerprint density at radius 2 is 2.04 bits per heavy atom. The van der Waals surface area contributed by atoms with E-state index in [1.54, 1.807) is 18.4 Å². The average molecular weight is 357 g/mol. The van der Waals surface area contributed by atoms with Crippen LogP contribution in [0.5, 0.6) is 5.75 Å². The van der Waals surface area contributed by atoms with E-state index in [-0.39, 0.29) is 12.4 Å². The van der Waals surface area contributed by atoms with Crippen LogP contribution in [0.2, 0.25) is 0 Å². The number of carbonyl (C=O) groups excluding carboxylic acids is 1. The van der Waals surface area contributed by atoms with Crippen molar-refractivity contribution in [1.82, 2.24) is 9.97 Å². The second-order valence-corrected chi connectivity index (χ2v) is 6.76. The summed E-state index contributed by atoms with van der Waals surface area (Å²) in [5.41, 5.74) is 1.99. The third-order valence-corrected chi connectivity index (χ3v) is 5.04. The van der Waals surface area contributed by atoms with E-state index in [0.29, 0.717) is 11.6 Å². The molecule has 2 aromatic heterocycles. The molecule has 0 atom stereocenters. The maximum atomic E-state index is 11.6. The van der Waals surface area contributed by atoms with E-state index in [1.807, 2.05) is 31.2 Å². The van der Waals surface area contributed by atoms with Gasteiger partial charge in [0.05, 0.1) is 19.6 Å². The highest BCUT2D eigenvalue weighted by atomic mass is 32.1. The molecule has 0 radical (unpaired) electrons. The molecule has 6 nitrogen and oxygen atoms in total. The smallest absolute Gasteiger partial charge is 0.313 e. The van der Waals surface area contributed by atoms with E-state index in [4.69, 9.17) is 9.47 Å². The number of carbonyl (C=O) groups is 1. The molecule has 7 heteroatoms. The van der Waals surface area contributed by atoms with Gasteiger partial charge in [0.25, 0.3) is 0 Å². The van der Waals surface area contributed by atoms with Crippen LogP contribution in [0.4, 0.5) is 11.5 Å². The van der Waals surface area contributed by atoms with Crippen molar-refractivity contribution in [1.29, 1.82) is 0 Å². The monoisotopic (exact) mass is 357 g/mol. The first-order valence-corrected chi connectivity index (χ1v) is 8.58. The number of anilines is 2. The largest absolute Gasteiger partial charge is 0.497 e. The van der Waals surface area contributed by atoms with Gasteiger partial charge in [0.2, 0.25) is 0 Å². The summed E-state index contributed by atoms with van der Waals surface area (Å²) in [4.78, 5) is 22.7. The van der Waals surface area contributed by atoms with Crippen LogP contribution >= 0.6 is 11.3 Å². The summed E-state index contributed by atoms with van der Waals surface area (Å²) in [5, 5.41) is 4.30. The number of nitrogens with one attached hydrogen (secondary N) is 1. The Labute approximate surface area is 149 Å². The number of esters is 1. The number of aromatic nitrogens is 2. The van der Waals surface area contributed by atoms with Gasteiger partial charge in [-0.05, 0) is 31.5 Å². The molecular formula is C18H19N3O3S. The standard InChI is InChI=1S/C18H19N3O3S/c1-10-11(2)25-18-16(10)17(20-14(21-18)9-15(22)24-4)19-12-6-5-7-13(8-12)23-3/h5-8H,9H2,1-4H3,(H,19,20,21). The van der Waals surface area contributed by atoms with E-state index < -0.39 is 0 Å². The molecule has 130 valence electrons. The minimum Gasteiger partial charge on any atom is -0.497 e. The van der Waals surface area contributed by atoms with Gasteiger partial charge in [-0.15, -0.1) is 11.3 Å². The van der Waals surface area contributed by atoms with Crippen molar-refractivity contribution in [3.63, 3.8) is 0 Å². The van der Waals surface area contributed by atoms with E-state index in [9.17, 15) is 4.79 Å². The zero-order valence-electron chi connectivity index (χ0n) is 14.5. The number of hydrogen-bond donors (Lipinski definition) is 1. The Morgan fingerprint density at radius 3 is 2.76 bits per heavy atom. The molecule has 3 rings (SSSR count). The van der Waals surface area contributed by atoms with Gasteiger partial charge in [-0.2, -0.15) is 0 Å². The summed E-state index contributed by atoms with van der Waals surface area (Å²) in [6.45, 7) is 4.10.